The molecule has 3 heteroatoms. The first kappa shape index (κ1) is 13.2. The van der Waals surface area contributed by atoms with Gasteiger partial charge >= 0.3 is 0 Å². The Balaban J connectivity index is 2.08. The predicted molar refractivity (Wildman–Crippen MR) is 72.9 cm³/mol. The highest BCUT2D eigenvalue weighted by atomic mass is 16.5. The van der Waals surface area contributed by atoms with Gasteiger partial charge in [0.25, 0.3) is 0 Å². The van der Waals surface area contributed by atoms with Gasteiger partial charge < -0.3 is 9.84 Å². The first-order chi connectivity index (χ1) is 8.60. The van der Waals surface area contributed by atoms with E-state index in [1.54, 1.807) is 19.2 Å². The van der Waals surface area contributed by atoms with Gasteiger partial charge in [0.05, 0.1) is 7.11 Å². The Hall–Kier alpha value is -1.22. The largest absolute Gasteiger partial charge is 0.508 e. The lowest BCUT2D eigenvalue weighted by molar-refractivity contribution is 0.121. The monoisotopic (exact) mass is 249 g/mol. The van der Waals surface area contributed by atoms with Crippen LogP contribution < -0.4 is 4.74 Å². The Bertz CT molecular complexity index is 405. The zero-order valence-corrected chi connectivity index (χ0v) is 11.5. The maximum atomic E-state index is 9.92. The third-order valence-corrected chi connectivity index (χ3v) is 3.94. The van der Waals surface area contributed by atoms with E-state index in [4.69, 9.17) is 4.74 Å². The summed E-state index contributed by atoms with van der Waals surface area (Å²) in [5.41, 5.74) is 0.954. The number of likely N-dealkylation sites (tertiary alicyclic amines) is 1. The van der Waals surface area contributed by atoms with Crippen LogP contribution in [0, 0.1) is 5.92 Å². The second kappa shape index (κ2) is 5.61. The Morgan fingerprint density at radius 3 is 2.83 bits per heavy atom. The molecular weight excluding hydrogens is 226 g/mol. The van der Waals surface area contributed by atoms with Crippen molar-refractivity contribution in [2.75, 3.05) is 13.7 Å². The fourth-order valence-corrected chi connectivity index (χ4v) is 2.73. The molecule has 1 heterocycles. The number of hydrogen-bond donors (Lipinski definition) is 1. The molecule has 1 aliphatic rings. The summed E-state index contributed by atoms with van der Waals surface area (Å²) in [6.07, 6.45) is 2.49. The van der Waals surface area contributed by atoms with Gasteiger partial charge in [0.1, 0.15) is 11.5 Å². The predicted octanol–water partition coefficient (Wildman–Crippen LogP) is 3.02. The SMILES string of the molecule is COc1ccc(O)c(CN2CCC(C)CC2C)c1. The van der Waals surface area contributed by atoms with Crippen molar-refractivity contribution in [3.8, 4) is 11.5 Å². The summed E-state index contributed by atoms with van der Waals surface area (Å²) in [6.45, 7) is 6.50. The molecule has 3 nitrogen and oxygen atoms in total. The highest BCUT2D eigenvalue weighted by Crippen LogP contribution is 2.28. The van der Waals surface area contributed by atoms with Crippen LogP contribution >= 0.6 is 0 Å². The number of rotatable bonds is 3. The number of methoxy groups -OCH3 is 1. The minimum Gasteiger partial charge on any atom is -0.508 e. The number of phenols is 1. The van der Waals surface area contributed by atoms with E-state index in [0.717, 1.165) is 30.3 Å². The fraction of sp³-hybridized carbons (Fsp3) is 0.600. The van der Waals surface area contributed by atoms with E-state index < -0.39 is 0 Å². The first-order valence-electron chi connectivity index (χ1n) is 6.70. The van der Waals surface area contributed by atoms with Crippen LogP contribution in [-0.2, 0) is 6.54 Å². The molecule has 2 rings (SSSR count). The molecule has 0 bridgehead atoms. The average molecular weight is 249 g/mol. The van der Waals surface area contributed by atoms with Gasteiger partial charge in [-0.15, -0.1) is 0 Å². The van der Waals surface area contributed by atoms with Crippen molar-refractivity contribution in [3.63, 3.8) is 0 Å². The van der Waals surface area contributed by atoms with Gasteiger partial charge in [0.2, 0.25) is 0 Å². The van der Waals surface area contributed by atoms with Crippen molar-refractivity contribution in [2.24, 2.45) is 5.92 Å². The Labute approximate surface area is 109 Å². The lowest BCUT2D eigenvalue weighted by Crippen LogP contribution is -2.39. The van der Waals surface area contributed by atoms with E-state index in [-0.39, 0.29) is 0 Å². The summed E-state index contributed by atoms with van der Waals surface area (Å²) in [5, 5.41) is 9.92. The molecule has 0 amide bonds. The van der Waals surface area contributed by atoms with Crippen molar-refractivity contribution in [3.05, 3.63) is 23.8 Å². The smallest absolute Gasteiger partial charge is 0.120 e. The van der Waals surface area contributed by atoms with Gasteiger partial charge in [-0.3, -0.25) is 4.90 Å². The standard InChI is InChI=1S/C15H23NO2/c1-11-6-7-16(12(2)8-11)10-13-9-14(18-3)4-5-15(13)17/h4-5,9,11-12,17H,6-8,10H2,1-3H3. The van der Waals surface area contributed by atoms with Crippen LogP contribution in [0.15, 0.2) is 18.2 Å². The zero-order chi connectivity index (χ0) is 13.1. The fourth-order valence-electron chi connectivity index (χ4n) is 2.73. The van der Waals surface area contributed by atoms with Crippen LogP contribution in [-0.4, -0.2) is 29.7 Å². The van der Waals surface area contributed by atoms with Gasteiger partial charge in [0, 0.05) is 18.2 Å². The number of nitrogens with zero attached hydrogens (tertiary/aromatic N) is 1. The molecule has 1 aromatic carbocycles. The van der Waals surface area contributed by atoms with Gasteiger partial charge in [-0.2, -0.15) is 0 Å². The highest BCUT2D eigenvalue weighted by Gasteiger charge is 2.23. The van der Waals surface area contributed by atoms with Gasteiger partial charge in [-0.05, 0) is 50.4 Å². The molecular formula is C15H23NO2. The molecule has 1 aromatic rings. The summed E-state index contributed by atoms with van der Waals surface area (Å²) in [6, 6.07) is 6.02. The van der Waals surface area contributed by atoms with E-state index in [9.17, 15) is 5.11 Å². The highest BCUT2D eigenvalue weighted by molar-refractivity contribution is 5.39. The molecule has 0 saturated carbocycles. The Morgan fingerprint density at radius 2 is 2.17 bits per heavy atom. The number of hydrogen-bond acceptors (Lipinski definition) is 3. The lowest BCUT2D eigenvalue weighted by atomic mass is 9.93. The van der Waals surface area contributed by atoms with Crippen molar-refractivity contribution < 1.29 is 9.84 Å². The van der Waals surface area contributed by atoms with E-state index in [2.05, 4.69) is 18.7 Å². The third-order valence-electron chi connectivity index (χ3n) is 3.94. The van der Waals surface area contributed by atoms with E-state index in [0.29, 0.717) is 11.8 Å². The van der Waals surface area contributed by atoms with Crippen LogP contribution in [0.1, 0.15) is 32.3 Å². The Kier molecular flexibility index (Phi) is 4.12. The van der Waals surface area contributed by atoms with Gasteiger partial charge in [0.15, 0.2) is 0 Å². The molecule has 18 heavy (non-hydrogen) atoms. The molecule has 1 fully saturated rings. The van der Waals surface area contributed by atoms with Crippen LogP contribution in [0.2, 0.25) is 0 Å². The van der Waals surface area contributed by atoms with Crippen LogP contribution in [0.25, 0.3) is 0 Å². The summed E-state index contributed by atoms with van der Waals surface area (Å²) in [5.74, 6) is 1.98. The second-order valence-electron chi connectivity index (χ2n) is 5.44. The topological polar surface area (TPSA) is 32.7 Å². The van der Waals surface area contributed by atoms with Gasteiger partial charge in [-0.25, -0.2) is 0 Å². The molecule has 0 aliphatic carbocycles. The molecule has 0 radical (unpaired) electrons. The van der Waals surface area contributed by atoms with Crippen molar-refractivity contribution in [1.29, 1.82) is 0 Å². The quantitative estimate of drug-likeness (QED) is 0.893. The lowest BCUT2D eigenvalue weighted by Gasteiger charge is -2.36. The summed E-state index contributed by atoms with van der Waals surface area (Å²) in [7, 11) is 1.65. The minimum absolute atomic E-state index is 0.363. The van der Waals surface area contributed by atoms with Crippen LogP contribution in [0.5, 0.6) is 11.5 Å². The van der Waals surface area contributed by atoms with Crippen LogP contribution in [0.3, 0.4) is 0 Å². The van der Waals surface area contributed by atoms with E-state index in [1.807, 2.05) is 6.07 Å². The maximum Gasteiger partial charge on any atom is 0.120 e. The average Bonchev–Trinajstić information content (AvgIpc) is 2.35. The molecule has 2 atom stereocenters. The van der Waals surface area contributed by atoms with Crippen LogP contribution in [0.4, 0.5) is 0 Å². The van der Waals surface area contributed by atoms with Crippen molar-refractivity contribution >= 4 is 0 Å². The number of piperidine rings is 1. The minimum atomic E-state index is 0.363. The van der Waals surface area contributed by atoms with Crippen molar-refractivity contribution in [2.45, 2.75) is 39.3 Å². The molecule has 100 valence electrons. The molecule has 1 N–H and O–H groups in total. The molecule has 1 aliphatic heterocycles. The van der Waals surface area contributed by atoms with Crippen molar-refractivity contribution in [1.82, 2.24) is 4.90 Å². The number of phenolic OH excluding ortho intramolecular Hbond substituents is 1. The van der Waals surface area contributed by atoms with E-state index in [1.165, 1.54) is 12.8 Å². The van der Waals surface area contributed by atoms with Gasteiger partial charge in [-0.1, -0.05) is 6.92 Å². The summed E-state index contributed by atoms with van der Waals surface area (Å²) in [4.78, 5) is 2.44. The molecule has 2 unspecified atom stereocenters. The number of benzene rings is 1. The number of ether oxygens (including phenoxy) is 1. The summed E-state index contributed by atoms with van der Waals surface area (Å²) < 4.78 is 5.21. The zero-order valence-electron chi connectivity index (χ0n) is 11.5. The maximum absolute atomic E-state index is 9.92. The molecule has 0 spiro atoms. The molecule has 0 aromatic heterocycles. The third kappa shape index (κ3) is 2.96. The Morgan fingerprint density at radius 1 is 1.39 bits per heavy atom. The summed E-state index contributed by atoms with van der Waals surface area (Å²) >= 11 is 0. The second-order valence-corrected chi connectivity index (χ2v) is 5.44. The van der Waals surface area contributed by atoms with E-state index >= 15 is 0 Å². The first-order valence-corrected chi connectivity index (χ1v) is 6.70. The number of aromatic hydroxyl groups is 1. The normalized spacial score (nSPS) is 25.1. The molecule has 1 saturated heterocycles.